The summed E-state index contributed by atoms with van der Waals surface area (Å²) in [4.78, 5) is 10.5. The van der Waals surface area contributed by atoms with Gasteiger partial charge < -0.3 is 10.3 Å². The van der Waals surface area contributed by atoms with Crippen molar-refractivity contribution in [2.24, 2.45) is 0 Å². The molecule has 0 heterocycles. The summed E-state index contributed by atoms with van der Waals surface area (Å²) >= 11 is 3.20. The molecule has 13 heavy (non-hydrogen) atoms. The van der Waals surface area contributed by atoms with E-state index in [0.29, 0.717) is 4.47 Å². The van der Waals surface area contributed by atoms with Gasteiger partial charge in [0.15, 0.2) is 0 Å². The summed E-state index contributed by atoms with van der Waals surface area (Å²) in [6, 6.07) is 4.62. The molecule has 1 aromatic rings. The third-order valence-corrected chi connectivity index (χ3v) is 2.31. The van der Waals surface area contributed by atoms with E-state index in [-0.39, 0.29) is 12.1 Å². The third kappa shape index (κ3) is 2.51. The zero-order valence-corrected chi connectivity index (χ0v) is 8.21. The van der Waals surface area contributed by atoms with Gasteiger partial charge in [-0.3, -0.25) is 0 Å². The molecule has 4 nitrogen and oxygen atoms in total. The molecule has 3 N–H and O–H groups in total. The van der Waals surface area contributed by atoms with Gasteiger partial charge in [0.1, 0.15) is 0 Å². The van der Waals surface area contributed by atoms with Crippen LogP contribution in [0.15, 0.2) is 22.7 Å². The van der Waals surface area contributed by atoms with Gasteiger partial charge in [-0.25, -0.2) is 10.3 Å². The van der Waals surface area contributed by atoms with Crippen molar-refractivity contribution < 1.29 is 15.1 Å². The molecule has 0 saturated carbocycles. The number of benzene rings is 1. The van der Waals surface area contributed by atoms with Crippen molar-refractivity contribution in [1.29, 1.82) is 0 Å². The van der Waals surface area contributed by atoms with Crippen LogP contribution in [0, 0.1) is 0 Å². The summed E-state index contributed by atoms with van der Waals surface area (Å²) in [5.41, 5.74) is 3.01. The number of carbonyl (C=O) groups is 1. The first kappa shape index (κ1) is 10.2. The van der Waals surface area contributed by atoms with E-state index in [2.05, 4.69) is 15.9 Å². The Morgan fingerprint density at radius 2 is 2.23 bits per heavy atom. The van der Waals surface area contributed by atoms with Crippen LogP contribution in [0.2, 0.25) is 0 Å². The Bertz CT molecular complexity index is 327. The first-order chi connectivity index (χ1) is 6.15. The number of halogens is 1. The van der Waals surface area contributed by atoms with E-state index in [1.54, 1.807) is 6.07 Å². The number of carboxylic acid groups (broad SMARTS) is 1. The number of hydroxylamine groups is 1. The molecule has 0 unspecified atom stereocenters. The van der Waals surface area contributed by atoms with Crippen molar-refractivity contribution in [1.82, 2.24) is 5.48 Å². The monoisotopic (exact) mass is 245 g/mol. The normalized spacial score (nSPS) is 10.0. The van der Waals surface area contributed by atoms with E-state index in [0.717, 1.165) is 5.56 Å². The highest BCUT2D eigenvalue weighted by atomic mass is 79.9. The predicted octanol–water partition coefficient (Wildman–Crippen LogP) is 1.63. The summed E-state index contributed by atoms with van der Waals surface area (Å²) in [7, 11) is 0. The van der Waals surface area contributed by atoms with Crippen LogP contribution < -0.4 is 5.48 Å². The molecule has 0 bridgehead atoms. The van der Waals surface area contributed by atoms with Crippen LogP contribution in [0.25, 0.3) is 0 Å². The first-order valence-corrected chi connectivity index (χ1v) is 4.33. The maximum atomic E-state index is 10.5. The van der Waals surface area contributed by atoms with Crippen LogP contribution in [0.4, 0.5) is 0 Å². The van der Waals surface area contributed by atoms with Gasteiger partial charge in [-0.05, 0) is 17.7 Å². The fourth-order valence-corrected chi connectivity index (χ4v) is 1.43. The van der Waals surface area contributed by atoms with Crippen molar-refractivity contribution in [3.63, 3.8) is 0 Å². The molecule has 0 spiro atoms. The Labute approximate surface area is 83.3 Å². The molecule has 0 aliphatic heterocycles. The van der Waals surface area contributed by atoms with Crippen LogP contribution in [-0.2, 0) is 6.54 Å². The number of rotatable bonds is 3. The van der Waals surface area contributed by atoms with Crippen LogP contribution in [-0.4, -0.2) is 16.3 Å². The lowest BCUT2D eigenvalue weighted by molar-refractivity contribution is 0.0697. The molecule has 0 fully saturated rings. The van der Waals surface area contributed by atoms with Gasteiger partial charge >= 0.3 is 5.97 Å². The molecule has 70 valence electrons. The van der Waals surface area contributed by atoms with Crippen LogP contribution in [0.5, 0.6) is 0 Å². The highest BCUT2D eigenvalue weighted by Crippen LogP contribution is 2.18. The number of carboxylic acids is 1. The van der Waals surface area contributed by atoms with E-state index in [9.17, 15) is 4.79 Å². The number of hydrogen-bond acceptors (Lipinski definition) is 3. The molecule has 0 saturated heterocycles. The second-order valence-electron chi connectivity index (χ2n) is 2.45. The largest absolute Gasteiger partial charge is 0.478 e. The number of aromatic carboxylic acids is 1. The lowest BCUT2D eigenvalue weighted by Crippen LogP contribution is -2.07. The van der Waals surface area contributed by atoms with Crippen molar-refractivity contribution in [3.05, 3.63) is 33.8 Å². The minimum absolute atomic E-state index is 0.216. The molecule has 1 aromatic carbocycles. The Morgan fingerprint density at radius 3 is 2.69 bits per heavy atom. The Morgan fingerprint density at radius 1 is 1.54 bits per heavy atom. The fourth-order valence-electron chi connectivity index (χ4n) is 0.909. The molecule has 0 amide bonds. The average molecular weight is 246 g/mol. The average Bonchev–Trinajstić information content (AvgIpc) is 2.08. The van der Waals surface area contributed by atoms with Gasteiger partial charge in [-0.1, -0.05) is 22.0 Å². The third-order valence-electron chi connectivity index (χ3n) is 1.57. The van der Waals surface area contributed by atoms with Gasteiger partial charge in [-0.2, -0.15) is 0 Å². The summed E-state index contributed by atoms with van der Waals surface area (Å²) in [5.74, 6) is -0.968. The van der Waals surface area contributed by atoms with E-state index >= 15 is 0 Å². The first-order valence-electron chi connectivity index (χ1n) is 3.54. The smallest absolute Gasteiger partial charge is 0.335 e. The van der Waals surface area contributed by atoms with E-state index < -0.39 is 5.97 Å². The summed E-state index contributed by atoms with van der Waals surface area (Å²) < 4.78 is 0.661. The van der Waals surface area contributed by atoms with E-state index in [1.165, 1.54) is 12.1 Å². The fraction of sp³-hybridized carbons (Fsp3) is 0.125. The molecular formula is C8H8BrNO3. The Balaban J connectivity index is 2.98. The summed E-state index contributed by atoms with van der Waals surface area (Å²) in [6.07, 6.45) is 0. The van der Waals surface area contributed by atoms with Gasteiger partial charge in [0.25, 0.3) is 0 Å². The minimum Gasteiger partial charge on any atom is -0.478 e. The lowest BCUT2D eigenvalue weighted by atomic mass is 10.1. The van der Waals surface area contributed by atoms with Crippen molar-refractivity contribution in [2.45, 2.75) is 6.54 Å². The zero-order chi connectivity index (χ0) is 9.84. The van der Waals surface area contributed by atoms with Crippen molar-refractivity contribution in [3.8, 4) is 0 Å². The SMILES string of the molecule is O=C(O)c1ccc(CNO)c(Br)c1. The van der Waals surface area contributed by atoms with Gasteiger partial charge in [-0.15, -0.1) is 0 Å². The molecular weight excluding hydrogens is 238 g/mol. The quantitative estimate of drug-likeness (QED) is 0.709. The second kappa shape index (κ2) is 4.36. The molecule has 0 aliphatic rings. The maximum Gasteiger partial charge on any atom is 0.335 e. The van der Waals surface area contributed by atoms with E-state index in [1.807, 2.05) is 5.48 Å². The summed E-state index contributed by atoms with van der Waals surface area (Å²) in [5, 5.41) is 17.1. The van der Waals surface area contributed by atoms with Gasteiger partial charge in [0, 0.05) is 11.0 Å². The molecule has 0 aliphatic carbocycles. The molecule has 0 aromatic heterocycles. The Hall–Kier alpha value is -0.910. The highest BCUT2D eigenvalue weighted by molar-refractivity contribution is 9.10. The number of nitrogens with one attached hydrogen (secondary N) is 1. The minimum atomic E-state index is -0.968. The molecule has 1 rings (SSSR count). The van der Waals surface area contributed by atoms with Crippen LogP contribution >= 0.6 is 15.9 Å². The molecule has 5 heteroatoms. The van der Waals surface area contributed by atoms with Crippen LogP contribution in [0.1, 0.15) is 15.9 Å². The topological polar surface area (TPSA) is 69.6 Å². The van der Waals surface area contributed by atoms with Gasteiger partial charge in [0.05, 0.1) is 5.56 Å². The maximum absolute atomic E-state index is 10.5. The summed E-state index contributed by atoms with van der Waals surface area (Å²) in [6.45, 7) is 0.278. The second-order valence-corrected chi connectivity index (χ2v) is 3.30. The van der Waals surface area contributed by atoms with Gasteiger partial charge in [0.2, 0.25) is 0 Å². The van der Waals surface area contributed by atoms with Crippen molar-refractivity contribution >= 4 is 21.9 Å². The molecule has 0 radical (unpaired) electrons. The highest BCUT2D eigenvalue weighted by Gasteiger charge is 2.05. The number of hydrogen-bond donors (Lipinski definition) is 3. The van der Waals surface area contributed by atoms with Crippen LogP contribution in [0.3, 0.4) is 0 Å². The lowest BCUT2D eigenvalue weighted by Gasteiger charge is -2.03. The standard InChI is InChI=1S/C8H8BrNO3/c9-7-3-5(8(11)12)1-2-6(7)4-10-13/h1-3,10,13H,4H2,(H,11,12). The molecule has 0 atom stereocenters. The Kier molecular flexibility index (Phi) is 3.41. The predicted molar refractivity (Wildman–Crippen MR) is 49.7 cm³/mol. The van der Waals surface area contributed by atoms with E-state index in [4.69, 9.17) is 10.3 Å². The zero-order valence-electron chi connectivity index (χ0n) is 6.62. The van der Waals surface area contributed by atoms with Crippen molar-refractivity contribution in [2.75, 3.05) is 0 Å².